The van der Waals surface area contributed by atoms with Gasteiger partial charge in [0.25, 0.3) is 0 Å². The smallest absolute Gasteiger partial charge is 0.123 e. The lowest BCUT2D eigenvalue weighted by Crippen LogP contribution is -2.21. The van der Waals surface area contributed by atoms with Gasteiger partial charge < -0.3 is 10.1 Å². The molecule has 0 radical (unpaired) electrons. The fraction of sp³-hybridized carbons (Fsp3) is 0.333. The Morgan fingerprint density at radius 3 is 2.68 bits per heavy atom. The van der Waals surface area contributed by atoms with Crippen LogP contribution in [0.25, 0.3) is 0 Å². The maximum atomic E-state index is 13.0. The second-order valence-corrected chi connectivity index (χ2v) is 5.38. The van der Waals surface area contributed by atoms with Crippen LogP contribution in [0.1, 0.15) is 22.9 Å². The topological polar surface area (TPSA) is 21.3 Å². The molecule has 1 N–H and O–H groups in total. The summed E-state index contributed by atoms with van der Waals surface area (Å²) in [5.74, 6) is -0.201. The Morgan fingerprint density at radius 1 is 1.26 bits per heavy atom. The summed E-state index contributed by atoms with van der Waals surface area (Å²) < 4.78 is 18.1. The first-order valence-corrected chi connectivity index (χ1v) is 7.17. The molecule has 19 heavy (non-hydrogen) atoms. The molecular weight excluding hydrogens is 261 g/mol. The molecule has 0 amide bonds. The minimum absolute atomic E-state index is 0.183. The van der Waals surface area contributed by atoms with Crippen LogP contribution in [-0.4, -0.2) is 13.7 Å². The Morgan fingerprint density at radius 2 is 2.05 bits per heavy atom. The van der Waals surface area contributed by atoms with Crippen LogP contribution in [0.2, 0.25) is 0 Å². The van der Waals surface area contributed by atoms with E-state index in [1.54, 1.807) is 18.4 Å². The molecule has 1 aromatic carbocycles. The van der Waals surface area contributed by atoms with Crippen LogP contribution < -0.4 is 5.32 Å². The average molecular weight is 279 g/mol. The second-order valence-electron chi connectivity index (χ2n) is 4.35. The highest BCUT2D eigenvalue weighted by molar-refractivity contribution is 7.09. The van der Waals surface area contributed by atoms with Gasteiger partial charge in [0, 0.05) is 31.2 Å². The van der Waals surface area contributed by atoms with Gasteiger partial charge in [-0.15, -0.1) is 11.3 Å². The zero-order valence-corrected chi connectivity index (χ0v) is 11.8. The fourth-order valence-electron chi connectivity index (χ4n) is 1.95. The molecule has 0 spiro atoms. The lowest BCUT2D eigenvalue weighted by Gasteiger charge is -2.18. The lowest BCUT2D eigenvalue weighted by atomic mass is 10.0. The van der Waals surface area contributed by atoms with E-state index in [0.717, 1.165) is 18.5 Å². The standard InChI is InChI=1S/C15H18FNOS/c1-18-9-8-15(12-4-6-13(16)7-5-12)17-11-14-3-2-10-19-14/h2-7,10,15,17H,8-9,11H2,1H3/t15-/m1/s1. The largest absolute Gasteiger partial charge is 0.385 e. The zero-order chi connectivity index (χ0) is 13.5. The molecule has 0 saturated heterocycles. The molecule has 2 nitrogen and oxygen atoms in total. The van der Waals surface area contributed by atoms with Crippen LogP contribution >= 0.6 is 11.3 Å². The third kappa shape index (κ3) is 4.42. The third-order valence-corrected chi connectivity index (χ3v) is 3.86. The number of hydrogen-bond donors (Lipinski definition) is 1. The molecule has 0 saturated carbocycles. The van der Waals surface area contributed by atoms with Gasteiger partial charge in [0.1, 0.15) is 5.82 Å². The molecule has 4 heteroatoms. The van der Waals surface area contributed by atoms with Crippen molar-refractivity contribution in [2.24, 2.45) is 0 Å². The molecule has 1 heterocycles. The van der Waals surface area contributed by atoms with E-state index in [2.05, 4.69) is 16.8 Å². The first kappa shape index (κ1) is 14.2. The van der Waals surface area contributed by atoms with Gasteiger partial charge in [0.15, 0.2) is 0 Å². The number of rotatable bonds is 7. The van der Waals surface area contributed by atoms with Crippen molar-refractivity contribution in [2.75, 3.05) is 13.7 Å². The minimum Gasteiger partial charge on any atom is -0.385 e. The molecule has 1 atom stereocenters. The summed E-state index contributed by atoms with van der Waals surface area (Å²) in [7, 11) is 1.70. The monoisotopic (exact) mass is 279 g/mol. The Bertz CT molecular complexity index is 469. The quantitative estimate of drug-likeness (QED) is 0.833. The van der Waals surface area contributed by atoms with Gasteiger partial charge in [-0.3, -0.25) is 0 Å². The van der Waals surface area contributed by atoms with Crippen LogP contribution in [0.4, 0.5) is 4.39 Å². The molecule has 1 aromatic heterocycles. The SMILES string of the molecule is COCC[C@@H](NCc1cccs1)c1ccc(F)cc1. The maximum absolute atomic E-state index is 13.0. The van der Waals surface area contributed by atoms with E-state index >= 15 is 0 Å². The van der Waals surface area contributed by atoms with Crippen molar-refractivity contribution in [3.8, 4) is 0 Å². The van der Waals surface area contributed by atoms with Crippen LogP contribution in [0.3, 0.4) is 0 Å². The minimum atomic E-state index is -0.201. The molecule has 0 bridgehead atoms. The van der Waals surface area contributed by atoms with Crippen LogP contribution in [0.5, 0.6) is 0 Å². The first-order valence-electron chi connectivity index (χ1n) is 6.30. The number of hydrogen-bond acceptors (Lipinski definition) is 3. The summed E-state index contributed by atoms with van der Waals surface area (Å²) in [4.78, 5) is 1.30. The average Bonchev–Trinajstić information content (AvgIpc) is 2.93. The van der Waals surface area contributed by atoms with E-state index in [1.807, 2.05) is 18.2 Å². The normalized spacial score (nSPS) is 12.5. The van der Waals surface area contributed by atoms with Crippen LogP contribution in [-0.2, 0) is 11.3 Å². The van der Waals surface area contributed by atoms with Crippen molar-refractivity contribution < 1.29 is 9.13 Å². The van der Waals surface area contributed by atoms with E-state index in [9.17, 15) is 4.39 Å². The van der Waals surface area contributed by atoms with Gasteiger partial charge in [-0.25, -0.2) is 4.39 Å². The molecule has 0 aliphatic heterocycles. The van der Waals surface area contributed by atoms with Gasteiger partial charge in [0.05, 0.1) is 0 Å². The first-order chi connectivity index (χ1) is 9.29. The molecule has 0 unspecified atom stereocenters. The number of benzene rings is 1. The van der Waals surface area contributed by atoms with Gasteiger partial charge in [0.2, 0.25) is 0 Å². The second kappa shape index (κ2) is 7.38. The fourth-order valence-corrected chi connectivity index (χ4v) is 2.61. The number of thiophene rings is 1. The van der Waals surface area contributed by atoms with E-state index in [4.69, 9.17) is 4.74 Å². The summed E-state index contributed by atoms with van der Waals surface area (Å²) in [6.45, 7) is 1.50. The predicted octanol–water partition coefficient (Wildman–Crippen LogP) is 3.75. The molecule has 2 aromatic rings. The highest BCUT2D eigenvalue weighted by Gasteiger charge is 2.11. The van der Waals surface area contributed by atoms with E-state index in [0.29, 0.717) is 6.61 Å². The lowest BCUT2D eigenvalue weighted by molar-refractivity contribution is 0.182. The highest BCUT2D eigenvalue weighted by Crippen LogP contribution is 2.19. The van der Waals surface area contributed by atoms with E-state index < -0.39 is 0 Å². The van der Waals surface area contributed by atoms with Crippen molar-refractivity contribution in [1.82, 2.24) is 5.32 Å². The molecule has 0 aliphatic carbocycles. The molecule has 2 rings (SSSR count). The van der Waals surface area contributed by atoms with Crippen LogP contribution in [0.15, 0.2) is 41.8 Å². The third-order valence-electron chi connectivity index (χ3n) is 2.99. The van der Waals surface area contributed by atoms with Gasteiger partial charge in [-0.2, -0.15) is 0 Å². The number of ether oxygens (including phenoxy) is 1. The summed E-state index contributed by atoms with van der Waals surface area (Å²) in [5.41, 5.74) is 1.09. The summed E-state index contributed by atoms with van der Waals surface area (Å²) >= 11 is 1.73. The number of halogens is 1. The Balaban J connectivity index is 2.00. The molecule has 102 valence electrons. The van der Waals surface area contributed by atoms with Crippen molar-refractivity contribution in [3.63, 3.8) is 0 Å². The Labute approximate surface area is 117 Å². The van der Waals surface area contributed by atoms with E-state index in [-0.39, 0.29) is 11.9 Å². The van der Waals surface area contributed by atoms with Crippen molar-refractivity contribution in [1.29, 1.82) is 0 Å². The van der Waals surface area contributed by atoms with Crippen LogP contribution in [0, 0.1) is 5.82 Å². The summed E-state index contributed by atoms with van der Waals surface area (Å²) in [6, 6.07) is 11.0. The number of nitrogens with one attached hydrogen (secondary N) is 1. The Kier molecular flexibility index (Phi) is 5.51. The number of methoxy groups -OCH3 is 1. The molecular formula is C15H18FNOS. The van der Waals surface area contributed by atoms with Crippen molar-refractivity contribution in [2.45, 2.75) is 19.0 Å². The van der Waals surface area contributed by atoms with Gasteiger partial charge >= 0.3 is 0 Å². The van der Waals surface area contributed by atoms with Gasteiger partial charge in [-0.1, -0.05) is 18.2 Å². The maximum Gasteiger partial charge on any atom is 0.123 e. The molecule has 0 aliphatic rings. The van der Waals surface area contributed by atoms with E-state index in [1.165, 1.54) is 17.0 Å². The highest BCUT2D eigenvalue weighted by atomic mass is 32.1. The van der Waals surface area contributed by atoms with Gasteiger partial charge in [-0.05, 0) is 35.6 Å². The van der Waals surface area contributed by atoms with Crippen molar-refractivity contribution >= 4 is 11.3 Å². The Hall–Kier alpha value is -1.23. The predicted molar refractivity (Wildman–Crippen MR) is 76.8 cm³/mol. The summed E-state index contributed by atoms with van der Waals surface area (Å²) in [5, 5.41) is 5.57. The summed E-state index contributed by atoms with van der Waals surface area (Å²) in [6.07, 6.45) is 0.869. The van der Waals surface area contributed by atoms with Crippen molar-refractivity contribution in [3.05, 3.63) is 58.0 Å². The zero-order valence-electron chi connectivity index (χ0n) is 10.9. The molecule has 0 fully saturated rings.